The number of hydrogen-bond donors (Lipinski definition) is 2. The average Bonchev–Trinajstić information content (AvgIpc) is 3.27. The van der Waals surface area contributed by atoms with Gasteiger partial charge >= 0.3 is 0 Å². The van der Waals surface area contributed by atoms with E-state index in [1.807, 2.05) is 12.1 Å². The summed E-state index contributed by atoms with van der Waals surface area (Å²) in [6, 6.07) is 6.55. The van der Waals surface area contributed by atoms with Crippen LogP contribution in [0.3, 0.4) is 0 Å². The van der Waals surface area contributed by atoms with E-state index >= 15 is 0 Å². The maximum absolute atomic E-state index is 8.94. The van der Waals surface area contributed by atoms with Gasteiger partial charge < -0.3 is 15.8 Å². The van der Waals surface area contributed by atoms with E-state index in [9.17, 15) is 0 Å². The van der Waals surface area contributed by atoms with E-state index in [4.69, 9.17) is 10.9 Å². The highest BCUT2D eigenvalue weighted by Gasteiger charge is 2.35. The van der Waals surface area contributed by atoms with Crippen LogP contribution in [0.2, 0.25) is 0 Å². The van der Waals surface area contributed by atoms with Gasteiger partial charge in [0.05, 0.1) is 0 Å². The smallest absolute Gasteiger partial charge is 0.172 e. The van der Waals surface area contributed by atoms with Gasteiger partial charge in [-0.2, -0.15) is 0 Å². The van der Waals surface area contributed by atoms with E-state index in [2.05, 4.69) is 32.1 Å². The molecule has 19 heavy (non-hydrogen) atoms. The summed E-state index contributed by atoms with van der Waals surface area (Å²) in [5, 5.41) is 12.1. The first-order valence-electron chi connectivity index (χ1n) is 6.73. The summed E-state index contributed by atoms with van der Waals surface area (Å²) in [7, 11) is 0. The number of halogens is 1. The van der Waals surface area contributed by atoms with Gasteiger partial charge in [-0.05, 0) is 49.8 Å². The molecule has 0 spiro atoms. The minimum atomic E-state index is 0.184. The molecule has 0 heterocycles. The highest BCUT2D eigenvalue weighted by Crippen LogP contribution is 2.39. The van der Waals surface area contributed by atoms with Crippen molar-refractivity contribution in [3.8, 4) is 0 Å². The molecule has 2 saturated carbocycles. The van der Waals surface area contributed by atoms with Crippen LogP contribution in [0, 0.1) is 5.92 Å². The lowest BCUT2D eigenvalue weighted by Crippen LogP contribution is -2.30. The van der Waals surface area contributed by atoms with Crippen molar-refractivity contribution in [1.82, 2.24) is 0 Å². The molecule has 1 aromatic rings. The zero-order valence-electron chi connectivity index (χ0n) is 10.7. The Morgan fingerprint density at radius 3 is 2.68 bits per heavy atom. The molecule has 0 aliphatic heterocycles. The van der Waals surface area contributed by atoms with Crippen LogP contribution in [0.15, 0.2) is 27.8 Å². The Labute approximate surface area is 121 Å². The monoisotopic (exact) mass is 323 g/mol. The van der Waals surface area contributed by atoms with Crippen LogP contribution in [-0.2, 0) is 0 Å². The molecular formula is C14H18BrN3O. The molecular weight excluding hydrogens is 306 g/mol. The Bertz CT molecular complexity index is 509. The Balaban J connectivity index is 1.97. The summed E-state index contributed by atoms with van der Waals surface area (Å²) < 4.78 is 1.03. The standard InChI is InChI=1S/C14H18BrN3O/c15-10-3-6-12(14(16)17-19)13(7-10)18(11-4-5-11)8-9-1-2-9/h3,6-7,9,11,19H,1-2,4-5,8H2,(H2,16,17). The van der Waals surface area contributed by atoms with E-state index in [0.29, 0.717) is 6.04 Å². The second-order valence-electron chi connectivity index (χ2n) is 5.47. The number of rotatable bonds is 5. The molecule has 2 aliphatic carbocycles. The van der Waals surface area contributed by atoms with Crippen molar-refractivity contribution in [2.24, 2.45) is 16.8 Å². The van der Waals surface area contributed by atoms with Gasteiger partial charge in [0.25, 0.3) is 0 Å². The Morgan fingerprint density at radius 1 is 1.37 bits per heavy atom. The van der Waals surface area contributed by atoms with Crippen molar-refractivity contribution in [3.05, 3.63) is 28.2 Å². The lowest BCUT2D eigenvalue weighted by Gasteiger charge is -2.27. The van der Waals surface area contributed by atoms with Crippen LogP contribution in [0.4, 0.5) is 5.69 Å². The molecule has 0 atom stereocenters. The summed E-state index contributed by atoms with van der Waals surface area (Å²) in [4.78, 5) is 2.44. The van der Waals surface area contributed by atoms with Gasteiger partial charge in [-0.1, -0.05) is 21.1 Å². The number of nitrogens with zero attached hydrogens (tertiary/aromatic N) is 2. The van der Waals surface area contributed by atoms with Crippen molar-refractivity contribution in [1.29, 1.82) is 0 Å². The van der Waals surface area contributed by atoms with E-state index in [0.717, 1.165) is 28.2 Å². The number of oxime groups is 1. The predicted octanol–water partition coefficient (Wildman–Crippen LogP) is 2.92. The number of amidine groups is 1. The van der Waals surface area contributed by atoms with E-state index in [1.165, 1.54) is 25.7 Å². The molecule has 0 bridgehead atoms. The fourth-order valence-corrected chi connectivity index (χ4v) is 2.77. The quantitative estimate of drug-likeness (QED) is 0.379. The maximum atomic E-state index is 8.94. The predicted molar refractivity (Wildman–Crippen MR) is 79.7 cm³/mol. The van der Waals surface area contributed by atoms with E-state index in [-0.39, 0.29) is 5.84 Å². The molecule has 4 nitrogen and oxygen atoms in total. The molecule has 0 radical (unpaired) electrons. The molecule has 1 aromatic carbocycles. The zero-order valence-corrected chi connectivity index (χ0v) is 12.3. The number of hydrogen-bond acceptors (Lipinski definition) is 3. The molecule has 3 N–H and O–H groups in total. The molecule has 0 aromatic heterocycles. The minimum absolute atomic E-state index is 0.184. The van der Waals surface area contributed by atoms with Crippen molar-refractivity contribution >= 4 is 27.5 Å². The number of nitrogens with two attached hydrogens (primary N) is 1. The molecule has 102 valence electrons. The van der Waals surface area contributed by atoms with Crippen molar-refractivity contribution < 1.29 is 5.21 Å². The molecule has 5 heteroatoms. The second kappa shape index (κ2) is 5.04. The fourth-order valence-electron chi connectivity index (χ4n) is 2.42. The third kappa shape index (κ3) is 2.86. The van der Waals surface area contributed by atoms with Crippen LogP contribution in [0.25, 0.3) is 0 Å². The lowest BCUT2D eigenvalue weighted by molar-refractivity contribution is 0.318. The van der Waals surface area contributed by atoms with Gasteiger partial charge in [0.2, 0.25) is 0 Å². The Kier molecular flexibility index (Phi) is 3.39. The minimum Gasteiger partial charge on any atom is -0.409 e. The summed E-state index contributed by atoms with van der Waals surface area (Å²) in [5.41, 5.74) is 7.71. The topological polar surface area (TPSA) is 61.9 Å². The molecule has 0 saturated heterocycles. The number of benzene rings is 1. The van der Waals surface area contributed by atoms with Gasteiger partial charge in [0, 0.05) is 28.3 Å². The first-order chi connectivity index (χ1) is 9.19. The van der Waals surface area contributed by atoms with Crippen LogP contribution >= 0.6 is 15.9 Å². The van der Waals surface area contributed by atoms with Gasteiger partial charge in [-0.15, -0.1) is 0 Å². The molecule has 2 aliphatic rings. The number of anilines is 1. The molecule has 2 fully saturated rings. The third-order valence-electron chi connectivity index (χ3n) is 3.79. The normalized spacial score (nSPS) is 19.5. The van der Waals surface area contributed by atoms with Crippen LogP contribution < -0.4 is 10.6 Å². The summed E-state index contributed by atoms with van der Waals surface area (Å²) in [6.45, 7) is 1.09. The van der Waals surface area contributed by atoms with Gasteiger partial charge in [-0.25, -0.2) is 0 Å². The van der Waals surface area contributed by atoms with Crippen molar-refractivity contribution in [2.75, 3.05) is 11.4 Å². The zero-order chi connectivity index (χ0) is 13.4. The van der Waals surface area contributed by atoms with Crippen LogP contribution in [0.5, 0.6) is 0 Å². The molecule has 0 amide bonds. The average molecular weight is 324 g/mol. The molecule has 0 unspecified atom stereocenters. The first kappa shape index (κ1) is 12.8. The van der Waals surface area contributed by atoms with Crippen molar-refractivity contribution in [2.45, 2.75) is 31.7 Å². The SMILES string of the molecule is N/C(=N/O)c1ccc(Br)cc1N(CC1CC1)C1CC1. The maximum Gasteiger partial charge on any atom is 0.172 e. The highest BCUT2D eigenvalue weighted by molar-refractivity contribution is 9.10. The Hall–Kier alpha value is -1.23. The lowest BCUT2D eigenvalue weighted by atomic mass is 10.1. The second-order valence-corrected chi connectivity index (χ2v) is 6.39. The summed E-state index contributed by atoms with van der Waals surface area (Å²) >= 11 is 3.52. The summed E-state index contributed by atoms with van der Waals surface area (Å²) in [5.74, 6) is 1.00. The van der Waals surface area contributed by atoms with E-state index < -0.39 is 0 Å². The van der Waals surface area contributed by atoms with E-state index in [1.54, 1.807) is 0 Å². The first-order valence-corrected chi connectivity index (χ1v) is 7.52. The largest absolute Gasteiger partial charge is 0.409 e. The van der Waals surface area contributed by atoms with Gasteiger partial charge in [0.1, 0.15) is 0 Å². The third-order valence-corrected chi connectivity index (χ3v) is 4.29. The van der Waals surface area contributed by atoms with Crippen LogP contribution in [0.1, 0.15) is 31.2 Å². The Morgan fingerprint density at radius 2 is 2.11 bits per heavy atom. The van der Waals surface area contributed by atoms with Gasteiger partial charge in [-0.3, -0.25) is 0 Å². The highest BCUT2D eigenvalue weighted by atomic mass is 79.9. The van der Waals surface area contributed by atoms with Gasteiger partial charge in [0.15, 0.2) is 5.84 Å². The summed E-state index contributed by atoms with van der Waals surface area (Å²) in [6.07, 6.45) is 5.15. The fraction of sp³-hybridized carbons (Fsp3) is 0.500. The van der Waals surface area contributed by atoms with Crippen LogP contribution in [-0.4, -0.2) is 23.6 Å². The molecule has 3 rings (SSSR count). The van der Waals surface area contributed by atoms with Crippen molar-refractivity contribution in [3.63, 3.8) is 0 Å².